The highest BCUT2D eigenvalue weighted by molar-refractivity contribution is 5.84. The van der Waals surface area contributed by atoms with Gasteiger partial charge in [-0.05, 0) is 30.5 Å². The van der Waals surface area contributed by atoms with E-state index in [1.54, 1.807) is 0 Å². The minimum absolute atomic E-state index is 0.0471. The first-order valence-electron chi connectivity index (χ1n) is 8.07. The molecule has 0 bridgehead atoms. The Kier molecular flexibility index (Phi) is 3.50. The highest BCUT2D eigenvalue weighted by atomic mass is 16.4. The minimum atomic E-state index is -0.723. The quantitative estimate of drug-likeness (QED) is 0.875. The van der Waals surface area contributed by atoms with E-state index in [2.05, 4.69) is 30.7 Å². The van der Waals surface area contributed by atoms with E-state index in [-0.39, 0.29) is 5.41 Å². The van der Waals surface area contributed by atoms with Crippen LogP contribution in [0.2, 0.25) is 0 Å². The van der Waals surface area contributed by atoms with Gasteiger partial charge in [0, 0.05) is 5.41 Å². The predicted octanol–water partition coefficient (Wildman–Crippen LogP) is 4.15. The van der Waals surface area contributed by atoms with Gasteiger partial charge in [0.1, 0.15) is 5.82 Å². The van der Waals surface area contributed by atoms with Crippen molar-refractivity contribution in [3.63, 3.8) is 0 Å². The number of carbonyl (C=O) groups is 1. The first-order valence-corrected chi connectivity index (χ1v) is 8.07. The smallest absolute Gasteiger partial charge is 0.314 e. The molecule has 0 aliphatic heterocycles. The molecule has 0 spiro atoms. The average molecular weight is 300 g/mol. The van der Waals surface area contributed by atoms with Crippen LogP contribution in [0.1, 0.15) is 64.3 Å². The van der Waals surface area contributed by atoms with Crippen molar-refractivity contribution in [1.82, 2.24) is 9.97 Å². The van der Waals surface area contributed by atoms with E-state index >= 15 is 0 Å². The number of aliphatic carboxylic acids is 1. The molecule has 1 fully saturated rings. The summed E-state index contributed by atoms with van der Waals surface area (Å²) in [6, 6.07) is 5.90. The molecule has 0 radical (unpaired) electrons. The number of carboxylic acid groups (broad SMARTS) is 1. The van der Waals surface area contributed by atoms with Crippen LogP contribution < -0.4 is 0 Å². The molecule has 0 amide bonds. The molecule has 1 aliphatic carbocycles. The molecule has 0 unspecified atom stereocenters. The van der Waals surface area contributed by atoms with Crippen molar-refractivity contribution in [2.75, 3.05) is 0 Å². The Bertz CT molecular complexity index is 703. The van der Waals surface area contributed by atoms with Gasteiger partial charge in [0.15, 0.2) is 0 Å². The van der Waals surface area contributed by atoms with Gasteiger partial charge in [0.2, 0.25) is 0 Å². The number of carboxylic acids is 1. The van der Waals surface area contributed by atoms with Crippen LogP contribution in [0.5, 0.6) is 0 Å². The molecule has 2 aromatic rings. The van der Waals surface area contributed by atoms with E-state index in [4.69, 9.17) is 0 Å². The number of imidazole rings is 1. The SMILES string of the molecule is CC(C)(C)c1nc2ccc(C3(C(=O)O)CCCCC3)cc2[nH]1. The molecule has 2 N–H and O–H groups in total. The average Bonchev–Trinajstić information content (AvgIpc) is 2.91. The van der Waals surface area contributed by atoms with Crippen LogP contribution in [0, 0.1) is 0 Å². The van der Waals surface area contributed by atoms with Crippen LogP contribution in [0.3, 0.4) is 0 Å². The molecule has 1 aromatic carbocycles. The van der Waals surface area contributed by atoms with E-state index in [9.17, 15) is 9.90 Å². The Hall–Kier alpha value is -1.84. The van der Waals surface area contributed by atoms with Gasteiger partial charge in [-0.1, -0.05) is 46.1 Å². The van der Waals surface area contributed by atoms with Gasteiger partial charge in [-0.2, -0.15) is 0 Å². The zero-order valence-electron chi connectivity index (χ0n) is 13.6. The maximum Gasteiger partial charge on any atom is 0.314 e. The highest BCUT2D eigenvalue weighted by Gasteiger charge is 2.41. The Labute approximate surface area is 131 Å². The third-order valence-electron chi connectivity index (χ3n) is 4.86. The van der Waals surface area contributed by atoms with Gasteiger partial charge in [-0.15, -0.1) is 0 Å². The molecule has 0 atom stereocenters. The summed E-state index contributed by atoms with van der Waals surface area (Å²) in [5.41, 5.74) is 1.99. The van der Waals surface area contributed by atoms with Crippen LogP contribution in [0.4, 0.5) is 0 Å². The van der Waals surface area contributed by atoms with Crippen LogP contribution in [0.25, 0.3) is 11.0 Å². The van der Waals surface area contributed by atoms with Crippen molar-refractivity contribution in [3.05, 3.63) is 29.6 Å². The summed E-state index contributed by atoms with van der Waals surface area (Å²) in [5.74, 6) is 0.245. The number of aromatic amines is 1. The van der Waals surface area contributed by atoms with Crippen molar-refractivity contribution < 1.29 is 9.90 Å². The second kappa shape index (κ2) is 5.11. The Morgan fingerprint density at radius 3 is 2.50 bits per heavy atom. The van der Waals surface area contributed by atoms with E-state index in [1.165, 1.54) is 0 Å². The number of hydrogen-bond acceptors (Lipinski definition) is 2. The summed E-state index contributed by atoms with van der Waals surface area (Å²) in [7, 11) is 0. The fourth-order valence-corrected chi connectivity index (χ4v) is 3.44. The van der Waals surface area contributed by atoms with Crippen LogP contribution >= 0.6 is 0 Å². The number of rotatable bonds is 2. The predicted molar refractivity (Wildman–Crippen MR) is 87.2 cm³/mol. The van der Waals surface area contributed by atoms with Crippen molar-refractivity contribution in [2.24, 2.45) is 0 Å². The molecule has 1 aromatic heterocycles. The third-order valence-corrected chi connectivity index (χ3v) is 4.86. The number of nitrogens with zero attached hydrogens (tertiary/aromatic N) is 1. The van der Waals surface area contributed by atoms with E-state index in [0.29, 0.717) is 0 Å². The summed E-state index contributed by atoms with van der Waals surface area (Å²) < 4.78 is 0. The number of nitrogens with one attached hydrogen (secondary N) is 1. The van der Waals surface area contributed by atoms with Crippen molar-refractivity contribution >= 4 is 17.0 Å². The van der Waals surface area contributed by atoms with E-state index in [1.807, 2.05) is 18.2 Å². The number of aromatic nitrogens is 2. The first-order chi connectivity index (χ1) is 10.3. The number of benzene rings is 1. The zero-order valence-corrected chi connectivity index (χ0v) is 13.6. The maximum atomic E-state index is 12.0. The zero-order chi connectivity index (χ0) is 16.0. The van der Waals surface area contributed by atoms with Crippen LogP contribution in [0.15, 0.2) is 18.2 Å². The molecule has 1 aliphatic rings. The first kappa shape index (κ1) is 15.1. The van der Waals surface area contributed by atoms with Gasteiger partial charge in [-0.3, -0.25) is 4.79 Å². The Balaban J connectivity index is 2.09. The molecule has 0 saturated heterocycles. The fourth-order valence-electron chi connectivity index (χ4n) is 3.44. The third kappa shape index (κ3) is 2.40. The lowest BCUT2D eigenvalue weighted by Crippen LogP contribution is -2.37. The molecular weight excluding hydrogens is 276 g/mol. The van der Waals surface area contributed by atoms with Crippen LogP contribution in [-0.2, 0) is 15.6 Å². The summed E-state index contributed by atoms with van der Waals surface area (Å²) in [5, 5.41) is 9.82. The molecule has 1 heterocycles. The summed E-state index contributed by atoms with van der Waals surface area (Å²) in [4.78, 5) is 20.0. The number of hydrogen-bond donors (Lipinski definition) is 2. The van der Waals surface area contributed by atoms with Crippen molar-refractivity contribution in [3.8, 4) is 0 Å². The topological polar surface area (TPSA) is 66.0 Å². The maximum absolute atomic E-state index is 12.0. The molecule has 4 heteroatoms. The standard InChI is InChI=1S/C18H24N2O2/c1-17(2,3)15-19-13-8-7-12(11-14(13)20-15)18(16(21)22)9-5-4-6-10-18/h7-8,11H,4-6,9-10H2,1-3H3,(H,19,20)(H,21,22). The molecule has 3 rings (SSSR count). The monoisotopic (exact) mass is 300 g/mol. The highest BCUT2D eigenvalue weighted by Crippen LogP contribution is 2.40. The molecule has 22 heavy (non-hydrogen) atoms. The van der Waals surface area contributed by atoms with Gasteiger partial charge in [0.05, 0.1) is 16.4 Å². The Morgan fingerprint density at radius 1 is 1.23 bits per heavy atom. The lowest BCUT2D eigenvalue weighted by Gasteiger charge is -2.33. The van der Waals surface area contributed by atoms with E-state index in [0.717, 1.165) is 54.5 Å². The van der Waals surface area contributed by atoms with Crippen molar-refractivity contribution in [2.45, 2.75) is 63.7 Å². The second-order valence-electron chi connectivity index (χ2n) is 7.52. The van der Waals surface area contributed by atoms with Gasteiger partial charge < -0.3 is 10.1 Å². The number of H-pyrrole nitrogens is 1. The summed E-state index contributed by atoms with van der Waals surface area (Å²) >= 11 is 0. The van der Waals surface area contributed by atoms with Gasteiger partial charge in [-0.25, -0.2) is 4.98 Å². The lowest BCUT2D eigenvalue weighted by molar-refractivity contribution is -0.145. The minimum Gasteiger partial charge on any atom is -0.481 e. The van der Waals surface area contributed by atoms with Gasteiger partial charge >= 0.3 is 5.97 Å². The summed E-state index contributed by atoms with van der Waals surface area (Å²) in [6.45, 7) is 6.35. The van der Waals surface area contributed by atoms with Crippen molar-refractivity contribution in [1.29, 1.82) is 0 Å². The van der Waals surface area contributed by atoms with Gasteiger partial charge in [0.25, 0.3) is 0 Å². The Morgan fingerprint density at radius 2 is 1.91 bits per heavy atom. The second-order valence-corrected chi connectivity index (χ2v) is 7.52. The fraction of sp³-hybridized carbons (Fsp3) is 0.556. The lowest BCUT2D eigenvalue weighted by atomic mass is 9.69. The molecule has 118 valence electrons. The molecule has 4 nitrogen and oxygen atoms in total. The summed E-state index contributed by atoms with van der Waals surface area (Å²) in [6.07, 6.45) is 4.57. The van der Waals surface area contributed by atoms with E-state index < -0.39 is 11.4 Å². The molecular formula is C18H24N2O2. The van der Waals surface area contributed by atoms with Crippen LogP contribution in [-0.4, -0.2) is 21.0 Å². The molecule has 1 saturated carbocycles. The normalized spacial score (nSPS) is 18.5. The number of fused-ring (bicyclic) bond motifs is 1. The largest absolute Gasteiger partial charge is 0.481 e.